The summed E-state index contributed by atoms with van der Waals surface area (Å²) in [6.45, 7) is 2.36. The van der Waals surface area contributed by atoms with Crippen LogP contribution in [0.3, 0.4) is 0 Å². The molecule has 6 heteroatoms. The molecule has 1 heterocycles. The number of nitrogens with zero attached hydrogens (tertiary/aromatic N) is 1. The van der Waals surface area contributed by atoms with Crippen LogP contribution in [0.15, 0.2) is 23.6 Å². The normalized spacial score (nSPS) is 10.6. The van der Waals surface area contributed by atoms with Gasteiger partial charge >= 0.3 is 0 Å². The molecule has 0 saturated carbocycles. The Morgan fingerprint density at radius 1 is 1.33 bits per heavy atom. The predicted octanol–water partition coefficient (Wildman–Crippen LogP) is 3.23. The van der Waals surface area contributed by atoms with Gasteiger partial charge in [-0.25, -0.2) is 13.8 Å². The van der Waals surface area contributed by atoms with Crippen LogP contribution in [-0.4, -0.2) is 10.9 Å². The summed E-state index contributed by atoms with van der Waals surface area (Å²) in [4.78, 5) is 16.0. The number of hydrogen-bond acceptors (Lipinski definition) is 3. The van der Waals surface area contributed by atoms with E-state index in [-0.39, 0.29) is 24.3 Å². The molecule has 1 N–H and O–H groups in total. The topological polar surface area (TPSA) is 42.0 Å². The van der Waals surface area contributed by atoms with Gasteiger partial charge in [0.05, 0.1) is 17.2 Å². The standard InChI is InChI=1S/C15H16F2N2OS/c1-2-15-19-10(9-21-15)8-18-14(20)7-6-11-12(16)4-3-5-13(11)17/h3-5,9H,2,6-8H2,1H3,(H,18,20). The smallest absolute Gasteiger partial charge is 0.220 e. The van der Waals surface area contributed by atoms with Crippen molar-refractivity contribution in [3.63, 3.8) is 0 Å². The first kappa shape index (κ1) is 15.6. The maximum atomic E-state index is 13.4. The van der Waals surface area contributed by atoms with Gasteiger partial charge in [0.1, 0.15) is 11.6 Å². The van der Waals surface area contributed by atoms with Crippen molar-refractivity contribution in [1.82, 2.24) is 10.3 Å². The molecule has 2 aromatic rings. The SMILES string of the molecule is CCc1nc(CNC(=O)CCc2c(F)cccc2F)cs1. The van der Waals surface area contributed by atoms with Crippen LogP contribution in [0.4, 0.5) is 8.78 Å². The first-order valence-electron chi connectivity index (χ1n) is 6.73. The molecule has 21 heavy (non-hydrogen) atoms. The minimum atomic E-state index is -0.616. The van der Waals surface area contributed by atoms with Crippen molar-refractivity contribution in [3.05, 3.63) is 51.5 Å². The van der Waals surface area contributed by atoms with E-state index in [0.717, 1.165) is 17.1 Å². The zero-order valence-electron chi connectivity index (χ0n) is 11.7. The van der Waals surface area contributed by atoms with Gasteiger partial charge in [-0.3, -0.25) is 4.79 Å². The van der Waals surface area contributed by atoms with E-state index >= 15 is 0 Å². The number of hydrogen-bond donors (Lipinski definition) is 1. The lowest BCUT2D eigenvalue weighted by atomic mass is 10.1. The average Bonchev–Trinajstić information content (AvgIpc) is 2.92. The lowest BCUT2D eigenvalue weighted by molar-refractivity contribution is -0.121. The Morgan fingerprint density at radius 3 is 2.67 bits per heavy atom. The van der Waals surface area contributed by atoms with Crippen molar-refractivity contribution < 1.29 is 13.6 Å². The third kappa shape index (κ3) is 4.32. The summed E-state index contributed by atoms with van der Waals surface area (Å²) >= 11 is 1.55. The van der Waals surface area contributed by atoms with Gasteiger partial charge in [-0.1, -0.05) is 13.0 Å². The number of thiazole rings is 1. The van der Waals surface area contributed by atoms with Gasteiger partial charge < -0.3 is 5.32 Å². The Bertz CT molecular complexity index is 608. The molecule has 0 saturated heterocycles. The van der Waals surface area contributed by atoms with Crippen LogP contribution in [-0.2, 0) is 24.2 Å². The molecule has 2 rings (SSSR count). The molecule has 3 nitrogen and oxygen atoms in total. The Morgan fingerprint density at radius 2 is 2.05 bits per heavy atom. The molecule has 1 amide bonds. The number of nitrogens with one attached hydrogen (secondary N) is 1. The lowest BCUT2D eigenvalue weighted by Crippen LogP contribution is -2.23. The number of halogens is 2. The molecule has 0 aliphatic heterocycles. The average molecular weight is 310 g/mol. The van der Waals surface area contributed by atoms with Crippen LogP contribution in [0.2, 0.25) is 0 Å². The summed E-state index contributed by atoms with van der Waals surface area (Å²) in [5, 5.41) is 5.63. The molecule has 1 aromatic carbocycles. The summed E-state index contributed by atoms with van der Waals surface area (Å²) in [6.07, 6.45) is 0.954. The van der Waals surface area contributed by atoms with Gasteiger partial charge in [-0.05, 0) is 25.0 Å². The highest BCUT2D eigenvalue weighted by Gasteiger charge is 2.11. The number of carbonyl (C=O) groups is 1. The van der Waals surface area contributed by atoms with Gasteiger partial charge in [0, 0.05) is 17.4 Å². The van der Waals surface area contributed by atoms with E-state index in [0.29, 0.717) is 6.54 Å². The molecule has 1 aromatic heterocycles. The summed E-state index contributed by atoms with van der Waals surface area (Å²) in [5.74, 6) is -1.48. The summed E-state index contributed by atoms with van der Waals surface area (Å²) < 4.78 is 26.8. The maximum Gasteiger partial charge on any atom is 0.220 e. The first-order valence-corrected chi connectivity index (χ1v) is 7.61. The van der Waals surface area contributed by atoms with E-state index in [9.17, 15) is 13.6 Å². The second-order valence-electron chi connectivity index (χ2n) is 4.56. The van der Waals surface area contributed by atoms with Crippen LogP contribution in [0.5, 0.6) is 0 Å². The second-order valence-corrected chi connectivity index (χ2v) is 5.51. The fourth-order valence-electron chi connectivity index (χ4n) is 1.88. The van der Waals surface area contributed by atoms with Crippen molar-refractivity contribution in [2.45, 2.75) is 32.7 Å². The molecular weight excluding hydrogens is 294 g/mol. The molecule has 0 fully saturated rings. The molecule has 0 spiro atoms. The number of benzene rings is 1. The van der Waals surface area contributed by atoms with Crippen LogP contribution in [0.1, 0.15) is 29.6 Å². The Hall–Kier alpha value is -1.82. The van der Waals surface area contributed by atoms with E-state index in [1.165, 1.54) is 18.2 Å². The predicted molar refractivity (Wildman–Crippen MR) is 78.0 cm³/mol. The Balaban J connectivity index is 1.82. The molecule has 0 aliphatic rings. The zero-order valence-corrected chi connectivity index (χ0v) is 12.5. The summed E-state index contributed by atoms with van der Waals surface area (Å²) in [7, 11) is 0. The van der Waals surface area contributed by atoms with Gasteiger partial charge in [0.25, 0.3) is 0 Å². The van der Waals surface area contributed by atoms with E-state index in [1.54, 1.807) is 11.3 Å². The van der Waals surface area contributed by atoms with Gasteiger partial charge in [0.15, 0.2) is 0 Å². The monoisotopic (exact) mass is 310 g/mol. The highest BCUT2D eigenvalue weighted by atomic mass is 32.1. The lowest BCUT2D eigenvalue weighted by Gasteiger charge is -2.05. The number of aryl methyl sites for hydroxylation is 1. The third-order valence-corrected chi connectivity index (χ3v) is 4.07. The summed E-state index contributed by atoms with van der Waals surface area (Å²) in [5.41, 5.74) is 0.761. The Labute approximate surface area is 126 Å². The van der Waals surface area contributed by atoms with Crippen molar-refractivity contribution in [2.24, 2.45) is 0 Å². The van der Waals surface area contributed by atoms with Crippen LogP contribution < -0.4 is 5.32 Å². The van der Waals surface area contributed by atoms with E-state index in [2.05, 4.69) is 10.3 Å². The van der Waals surface area contributed by atoms with Gasteiger partial charge in [0.2, 0.25) is 5.91 Å². The van der Waals surface area contributed by atoms with E-state index in [4.69, 9.17) is 0 Å². The fraction of sp³-hybridized carbons (Fsp3) is 0.333. The second kappa shape index (κ2) is 7.26. The minimum Gasteiger partial charge on any atom is -0.350 e. The highest BCUT2D eigenvalue weighted by Crippen LogP contribution is 2.14. The number of amides is 1. The largest absolute Gasteiger partial charge is 0.350 e. The molecular formula is C15H16F2N2OS. The van der Waals surface area contributed by atoms with Crippen molar-refractivity contribution in [1.29, 1.82) is 0 Å². The third-order valence-electron chi connectivity index (χ3n) is 3.03. The van der Waals surface area contributed by atoms with Crippen molar-refractivity contribution in [2.75, 3.05) is 0 Å². The van der Waals surface area contributed by atoms with Gasteiger partial charge in [-0.2, -0.15) is 0 Å². The molecule has 112 valence electrons. The zero-order chi connectivity index (χ0) is 15.2. The quantitative estimate of drug-likeness (QED) is 0.890. The Kier molecular flexibility index (Phi) is 5.38. The molecule has 0 radical (unpaired) electrons. The van der Waals surface area contributed by atoms with Crippen molar-refractivity contribution >= 4 is 17.2 Å². The molecule has 0 unspecified atom stereocenters. The van der Waals surface area contributed by atoms with E-state index in [1.807, 2.05) is 12.3 Å². The van der Waals surface area contributed by atoms with Crippen molar-refractivity contribution in [3.8, 4) is 0 Å². The minimum absolute atomic E-state index is 0.0433. The highest BCUT2D eigenvalue weighted by molar-refractivity contribution is 7.09. The summed E-state index contributed by atoms with van der Waals surface area (Å²) in [6, 6.07) is 3.69. The molecule has 0 aliphatic carbocycles. The number of carbonyl (C=O) groups excluding carboxylic acids is 1. The van der Waals surface area contributed by atoms with Gasteiger partial charge in [-0.15, -0.1) is 11.3 Å². The van der Waals surface area contributed by atoms with Crippen LogP contribution in [0, 0.1) is 11.6 Å². The number of aromatic nitrogens is 1. The van der Waals surface area contributed by atoms with Crippen LogP contribution in [0.25, 0.3) is 0 Å². The fourth-order valence-corrected chi connectivity index (χ4v) is 2.62. The van der Waals surface area contributed by atoms with E-state index < -0.39 is 11.6 Å². The molecule has 0 atom stereocenters. The van der Waals surface area contributed by atoms with Crippen LogP contribution >= 0.6 is 11.3 Å². The molecule has 0 bridgehead atoms. The maximum absolute atomic E-state index is 13.4. The first-order chi connectivity index (χ1) is 10.1. The number of rotatable bonds is 6.